The summed E-state index contributed by atoms with van der Waals surface area (Å²) in [6, 6.07) is 4.34. The van der Waals surface area contributed by atoms with Crippen LogP contribution in [-0.2, 0) is 9.84 Å². The Morgan fingerprint density at radius 3 is 2.76 bits per heavy atom. The molecule has 6 nitrogen and oxygen atoms in total. The third-order valence-corrected chi connectivity index (χ3v) is 4.87. The molecule has 1 aromatic heterocycles. The van der Waals surface area contributed by atoms with E-state index in [0.717, 1.165) is 37.4 Å². The van der Waals surface area contributed by atoms with Gasteiger partial charge < -0.3 is 9.80 Å². The molecule has 1 aromatic rings. The van der Waals surface area contributed by atoms with E-state index in [1.807, 2.05) is 26.1 Å². The Morgan fingerprint density at radius 1 is 1.38 bits per heavy atom. The van der Waals surface area contributed by atoms with Crippen molar-refractivity contribution in [3.8, 4) is 0 Å². The van der Waals surface area contributed by atoms with Gasteiger partial charge in [-0.25, -0.2) is 8.42 Å². The fourth-order valence-electron chi connectivity index (χ4n) is 2.58. The van der Waals surface area contributed by atoms with E-state index in [4.69, 9.17) is 0 Å². The van der Waals surface area contributed by atoms with Gasteiger partial charge in [-0.15, -0.1) is 5.10 Å². The number of aromatic nitrogens is 2. The van der Waals surface area contributed by atoms with Crippen molar-refractivity contribution < 1.29 is 8.42 Å². The number of aryl methyl sites for hydroxylation is 1. The van der Waals surface area contributed by atoms with Crippen molar-refractivity contribution in [2.24, 2.45) is 0 Å². The van der Waals surface area contributed by atoms with Gasteiger partial charge in [0.2, 0.25) is 0 Å². The summed E-state index contributed by atoms with van der Waals surface area (Å²) in [6.07, 6.45) is 3.47. The number of piperidine rings is 1. The van der Waals surface area contributed by atoms with Crippen molar-refractivity contribution in [2.45, 2.75) is 25.8 Å². The summed E-state index contributed by atoms with van der Waals surface area (Å²) < 4.78 is 22.6. The third-order valence-electron chi connectivity index (χ3n) is 3.94. The van der Waals surface area contributed by atoms with Gasteiger partial charge in [0.15, 0.2) is 5.82 Å². The lowest BCUT2D eigenvalue weighted by Gasteiger charge is -2.38. The predicted molar refractivity (Wildman–Crippen MR) is 84.3 cm³/mol. The number of anilines is 1. The highest BCUT2D eigenvalue weighted by Crippen LogP contribution is 2.19. The van der Waals surface area contributed by atoms with Crippen LogP contribution in [0, 0.1) is 6.92 Å². The van der Waals surface area contributed by atoms with E-state index in [1.165, 1.54) is 6.26 Å². The van der Waals surface area contributed by atoms with Crippen LogP contribution in [0.3, 0.4) is 0 Å². The molecule has 0 N–H and O–H groups in total. The molecule has 1 fully saturated rings. The molecule has 1 atom stereocenters. The molecule has 7 heteroatoms. The molecule has 0 aliphatic carbocycles. The summed E-state index contributed by atoms with van der Waals surface area (Å²) in [7, 11) is -0.906. The highest BCUT2D eigenvalue weighted by molar-refractivity contribution is 7.90. The Morgan fingerprint density at radius 2 is 2.14 bits per heavy atom. The fraction of sp³-hybridized carbons (Fsp3) is 0.714. The number of hydrogen-bond donors (Lipinski definition) is 0. The van der Waals surface area contributed by atoms with Crippen LogP contribution in [0.4, 0.5) is 5.82 Å². The average molecular weight is 312 g/mol. The molecule has 21 heavy (non-hydrogen) atoms. The SMILES string of the molecule is Cc1ccc(N2CCCC(N(C)CCS(C)(=O)=O)C2)nn1. The molecular formula is C14H24N4O2S. The molecule has 0 spiro atoms. The van der Waals surface area contributed by atoms with E-state index in [2.05, 4.69) is 20.0 Å². The van der Waals surface area contributed by atoms with Gasteiger partial charge in [-0.3, -0.25) is 0 Å². The number of rotatable bonds is 5. The quantitative estimate of drug-likeness (QED) is 0.798. The molecule has 1 aliphatic rings. The Balaban J connectivity index is 1.95. The number of likely N-dealkylation sites (N-methyl/N-ethyl adjacent to an activating group) is 1. The van der Waals surface area contributed by atoms with Gasteiger partial charge in [0.1, 0.15) is 9.84 Å². The topological polar surface area (TPSA) is 66.4 Å². The smallest absolute Gasteiger partial charge is 0.151 e. The summed E-state index contributed by atoms with van der Waals surface area (Å²) in [6.45, 7) is 4.36. The molecule has 0 radical (unpaired) electrons. The molecule has 118 valence electrons. The van der Waals surface area contributed by atoms with Gasteiger partial charge in [0.25, 0.3) is 0 Å². The van der Waals surface area contributed by atoms with Crippen molar-refractivity contribution in [3.05, 3.63) is 17.8 Å². The predicted octanol–water partition coefficient (Wildman–Crippen LogP) is 0.730. The molecule has 0 aromatic carbocycles. The van der Waals surface area contributed by atoms with E-state index in [1.54, 1.807) is 0 Å². The molecule has 2 heterocycles. The second kappa shape index (κ2) is 6.70. The zero-order valence-electron chi connectivity index (χ0n) is 13.0. The first-order valence-electron chi connectivity index (χ1n) is 7.28. The van der Waals surface area contributed by atoms with Crippen LogP contribution in [0.15, 0.2) is 12.1 Å². The minimum absolute atomic E-state index is 0.213. The van der Waals surface area contributed by atoms with Gasteiger partial charge in [0.05, 0.1) is 11.4 Å². The second-order valence-electron chi connectivity index (χ2n) is 5.89. The highest BCUT2D eigenvalue weighted by Gasteiger charge is 2.24. The van der Waals surface area contributed by atoms with E-state index >= 15 is 0 Å². The summed E-state index contributed by atoms with van der Waals surface area (Å²) in [4.78, 5) is 4.38. The minimum Gasteiger partial charge on any atom is -0.354 e. The fourth-order valence-corrected chi connectivity index (χ4v) is 3.20. The van der Waals surface area contributed by atoms with Crippen molar-refractivity contribution >= 4 is 15.7 Å². The lowest BCUT2D eigenvalue weighted by atomic mass is 10.0. The van der Waals surface area contributed by atoms with Gasteiger partial charge in [-0.1, -0.05) is 0 Å². The molecular weight excluding hydrogens is 288 g/mol. The summed E-state index contributed by atoms with van der Waals surface area (Å²) in [5.41, 5.74) is 0.914. The van der Waals surface area contributed by atoms with Crippen LogP contribution in [0.2, 0.25) is 0 Å². The summed E-state index contributed by atoms with van der Waals surface area (Å²) in [5, 5.41) is 8.35. The maximum Gasteiger partial charge on any atom is 0.151 e. The molecule has 0 amide bonds. The normalized spacial score (nSPS) is 20.0. The highest BCUT2D eigenvalue weighted by atomic mass is 32.2. The first-order chi connectivity index (χ1) is 9.85. The second-order valence-corrected chi connectivity index (χ2v) is 8.15. The Kier molecular flexibility index (Phi) is 5.16. The number of nitrogens with zero attached hydrogens (tertiary/aromatic N) is 4. The standard InChI is InChI=1S/C14H24N4O2S/c1-12-6-7-14(16-15-12)18-8-4-5-13(11-18)17(2)9-10-21(3,19)20/h6-7,13H,4-5,8-11H2,1-3H3. The zero-order chi connectivity index (χ0) is 15.5. The first kappa shape index (κ1) is 16.2. The average Bonchev–Trinajstić information content (AvgIpc) is 2.45. The van der Waals surface area contributed by atoms with Crippen LogP contribution in [-0.4, -0.2) is 68.2 Å². The Hall–Kier alpha value is -1.21. The summed E-state index contributed by atoms with van der Waals surface area (Å²) >= 11 is 0. The first-order valence-corrected chi connectivity index (χ1v) is 9.34. The van der Waals surface area contributed by atoms with Crippen molar-refractivity contribution in [1.29, 1.82) is 0 Å². The van der Waals surface area contributed by atoms with Crippen molar-refractivity contribution in [3.63, 3.8) is 0 Å². The van der Waals surface area contributed by atoms with E-state index in [0.29, 0.717) is 12.6 Å². The molecule has 1 unspecified atom stereocenters. The lowest BCUT2D eigenvalue weighted by molar-refractivity contribution is 0.226. The largest absolute Gasteiger partial charge is 0.354 e. The zero-order valence-corrected chi connectivity index (χ0v) is 13.8. The van der Waals surface area contributed by atoms with Crippen LogP contribution >= 0.6 is 0 Å². The van der Waals surface area contributed by atoms with Gasteiger partial charge >= 0.3 is 0 Å². The molecule has 0 bridgehead atoms. The van der Waals surface area contributed by atoms with Crippen LogP contribution < -0.4 is 4.90 Å². The van der Waals surface area contributed by atoms with Gasteiger partial charge in [-0.05, 0) is 38.9 Å². The Labute approximate surface area is 127 Å². The molecule has 2 rings (SSSR count). The van der Waals surface area contributed by atoms with Gasteiger partial charge in [-0.2, -0.15) is 5.10 Å². The van der Waals surface area contributed by atoms with E-state index in [9.17, 15) is 8.42 Å². The van der Waals surface area contributed by atoms with Crippen LogP contribution in [0.5, 0.6) is 0 Å². The van der Waals surface area contributed by atoms with Crippen LogP contribution in [0.1, 0.15) is 18.5 Å². The van der Waals surface area contributed by atoms with Crippen molar-refractivity contribution in [1.82, 2.24) is 15.1 Å². The van der Waals surface area contributed by atoms with E-state index < -0.39 is 9.84 Å². The monoisotopic (exact) mass is 312 g/mol. The molecule has 0 saturated carbocycles. The number of sulfone groups is 1. The summed E-state index contributed by atoms with van der Waals surface area (Å²) in [5.74, 6) is 1.12. The molecule has 1 saturated heterocycles. The maximum atomic E-state index is 11.3. The molecule has 1 aliphatic heterocycles. The van der Waals surface area contributed by atoms with E-state index in [-0.39, 0.29) is 5.75 Å². The van der Waals surface area contributed by atoms with Gasteiger partial charge in [0, 0.05) is 31.9 Å². The Bertz CT molecular complexity index is 559. The third kappa shape index (κ3) is 4.93. The maximum absolute atomic E-state index is 11.3. The van der Waals surface area contributed by atoms with Crippen molar-refractivity contribution in [2.75, 3.05) is 43.6 Å². The van der Waals surface area contributed by atoms with Crippen LogP contribution in [0.25, 0.3) is 0 Å². The lowest BCUT2D eigenvalue weighted by Crippen LogP contribution is -2.48. The number of hydrogen-bond acceptors (Lipinski definition) is 6. The minimum atomic E-state index is -2.91.